The zero-order valence-corrected chi connectivity index (χ0v) is 5.60. The van der Waals surface area contributed by atoms with E-state index in [9.17, 15) is 4.79 Å². The lowest BCUT2D eigenvalue weighted by atomic mass is 10.1. The molecule has 49 valence electrons. The highest BCUT2D eigenvalue weighted by Crippen LogP contribution is 1.95. The van der Waals surface area contributed by atoms with Gasteiger partial charge in [-0.3, -0.25) is 0 Å². The number of rotatable bonds is 2. The second kappa shape index (κ2) is 5.17. The van der Waals surface area contributed by atoms with Gasteiger partial charge in [0.2, 0.25) is 0 Å². The molecule has 0 amide bonds. The fraction of sp³-hybridized carbons (Fsp3) is 0.571. The van der Waals surface area contributed by atoms with Crippen molar-refractivity contribution in [2.75, 3.05) is 0 Å². The fourth-order valence-corrected chi connectivity index (χ4v) is 0.253. The van der Waals surface area contributed by atoms with E-state index in [0.29, 0.717) is 5.92 Å². The highest BCUT2D eigenvalue weighted by Gasteiger charge is 1.88. The summed E-state index contributed by atoms with van der Waals surface area (Å²) in [6.07, 6.45) is 3.18. The third-order valence-corrected chi connectivity index (χ3v) is 1.01. The van der Waals surface area contributed by atoms with Crippen LogP contribution >= 0.6 is 0 Å². The van der Waals surface area contributed by atoms with Crippen LogP contribution in [0.15, 0.2) is 0 Å². The van der Waals surface area contributed by atoms with Gasteiger partial charge < -0.3 is 4.74 Å². The first-order chi connectivity index (χ1) is 4.31. The Morgan fingerprint density at radius 3 is 2.78 bits per heavy atom. The summed E-state index contributed by atoms with van der Waals surface area (Å²) in [7, 11) is 0. The van der Waals surface area contributed by atoms with Crippen LogP contribution in [0.25, 0.3) is 0 Å². The molecule has 1 unspecified atom stereocenters. The van der Waals surface area contributed by atoms with Gasteiger partial charge in [0.05, 0.1) is 0 Å². The molecule has 0 saturated carbocycles. The first-order valence-corrected chi connectivity index (χ1v) is 2.84. The first-order valence-electron chi connectivity index (χ1n) is 2.84. The molecule has 2 heteroatoms. The molecular formula is C7H9O2. The summed E-state index contributed by atoms with van der Waals surface area (Å²) in [6, 6.07) is 0. The molecule has 0 aliphatic carbocycles. The van der Waals surface area contributed by atoms with Crippen LogP contribution in [0.1, 0.15) is 20.3 Å². The van der Waals surface area contributed by atoms with E-state index in [1.165, 1.54) is 6.47 Å². The standard InChI is InChI=1S/C7H9O2/c1-3-7(2)4-5-9-6-8/h7H,3H2,1-2H3. The molecule has 0 aliphatic heterocycles. The van der Waals surface area contributed by atoms with Gasteiger partial charge in [0.1, 0.15) is 6.11 Å². The number of hydrogen-bond acceptors (Lipinski definition) is 2. The van der Waals surface area contributed by atoms with Crippen LogP contribution in [0.4, 0.5) is 0 Å². The van der Waals surface area contributed by atoms with Crippen LogP contribution in [0.2, 0.25) is 0 Å². The zero-order chi connectivity index (χ0) is 7.11. The molecule has 0 spiro atoms. The van der Waals surface area contributed by atoms with Gasteiger partial charge in [-0.25, -0.2) is 4.79 Å². The topological polar surface area (TPSA) is 26.3 Å². The second-order valence-corrected chi connectivity index (χ2v) is 1.74. The maximum Gasteiger partial charge on any atom is 0.432 e. The van der Waals surface area contributed by atoms with E-state index in [-0.39, 0.29) is 0 Å². The van der Waals surface area contributed by atoms with Gasteiger partial charge in [-0.05, 0) is 6.42 Å². The van der Waals surface area contributed by atoms with Gasteiger partial charge in [-0.2, -0.15) is 0 Å². The van der Waals surface area contributed by atoms with Crippen LogP contribution in [-0.2, 0) is 9.53 Å². The quantitative estimate of drug-likeness (QED) is 0.516. The molecule has 0 saturated heterocycles. The molecule has 0 heterocycles. The Hall–Kier alpha value is -0.970. The van der Waals surface area contributed by atoms with Gasteiger partial charge in [-0.1, -0.05) is 19.8 Å². The van der Waals surface area contributed by atoms with Gasteiger partial charge >= 0.3 is 6.47 Å². The summed E-state index contributed by atoms with van der Waals surface area (Å²) >= 11 is 0. The largest absolute Gasteiger partial charge is 0.432 e. The molecule has 0 aliphatic rings. The summed E-state index contributed by atoms with van der Waals surface area (Å²) in [5.74, 6) is 2.99. The summed E-state index contributed by atoms with van der Waals surface area (Å²) in [5, 5.41) is 0. The van der Waals surface area contributed by atoms with E-state index in [1.807, 2.05) is 13.8 Å². The highest BCUT2D eigenvalue weighted by atomic mass is 16.5. The van der Waals surface area contributed by atoms with Crippen LogP contribution in [-0.4, -0.2) is 6.47 Å². The van der Waals surface area contributed by atoms with Crippen LogP contribution in [0.5, 0.6) is 0 Å². The average molecular weight is 125 g/mol. The Balaban J connectivity index is 3.44. The zero-order valence-electron chi connectivity index (χ0n) is 5.60. The van der Waals surface area contributed by atoms with Gasteiger partial charge in [0, 0.05) is 5.92 Å². The Morgan fingerprint density at radius 2 is 2.33 bits per heavy atom. The summed E-state index contributed by atoms with van der Waals surface area (Å²) in [5.41, 5.74) is 0. The van der Waals surface area contributed by atoms with Crippen LogP contribution < -0.4 is 0 Å². The van der Waals surface area contributed by atoms with Gasteiger partial charge in [-0.15, -0.1) is 0 Å². The van der Waals surface area contributed by atoms with Crippen molar-refractivity contribution in [2.24, 2.45) is 5.92 Å². The smallest absolute Gasteiger partial charge is 0.364 e. The highest BCUT2D eigenvalue weighted by molar-refractivity contribution is 5.40. The predicted molar refractivity (Wildman–Crippen MR) is 34.0 cm³/mol. The molecule has 2 nitrogen and oxygen atoms in total. The minimum absolute atomic E-state index is 0.290. The lowest BCUT2D eigenvalue weighted by molar-refractivity contribution is 0.419. The van der Waals surface area contributed by atoms with Crippen molar-refractivity contribution in [1.82, 2.24) is 0 Å². The van der Waals surface area contributed by atoms with E-state index in [1.54, 1.807) is 0 Å². The van der Waals surface area contributed by atoms with Crippen molar-refractivity contribution in [3.05, 3.63) is 0 Å². The minimum atomic E-state index is 0.290. The fourth-order valence-electron chi connectivity index (χ4n) is 0.253. The van der Waals surface area contributed by atoms with Crippen molar-refractivity contribution in [2.45, 2.75) is 20.3 Å². The Bertz CT molecular complexity index is 130. The normalized spacial score (nSPS) is 10.9. The van der Waals surface area contributed by atoms with E-state index in [2.05, 4.69) is 16.8 Å². The third-order valence-electron chi connectivity index (χ3n) is 1.01. The Labute approximate surface area is 55.2 Å². The molecule has 9 heavy (non-hydrogen) atoms. The third kappa shape index (κ3) is 4.89. The molecule has 0 N–H and O–H groups in total. The molecule has 0 fully saturated rings. The molecule has 0 aromatic heterocycles. The van der Waals surface area contributed by atoms with Crippen LogP contribution in [0.3, 0.4) is 0 Å². The van der Waals surface area contributed by atoms with Gasteiger partial charge in [0.15, 0.2) is 0 Å². The molecule has 1 radical (unpaired) electrons. The molecule has 0 rings (SSSR count). The SMILES string of the molecule is CCC(C)C#CO[C]=O. The summed E-state index contributed by atoms with van der Waals surface area (Å²) < 4.78 is 4.04. The Kier molecular flexibility index (Phi) is 4.61. The van der Waals surface area contributed by atoms with Crippen LogP contribution in [0, 0.1) is 17.9 Å². The predicted octanol–water partition coefficient (Wildman–Crippen LogP) is 1.08. The lowest BCUT2D eigenvalue weighted by Crippen LogP contribution is -1.85. The van der Waals surface area contributed by atoms with E-state index < -0.39 is 0 Å². The van der Waals surface area contributed by atoms with E-state index in [0.717, 1.165) is 6.42 Å². The average Bonchev–Trinajstić information content (AvgIpc) is 1.89. The monoisotopic (exact) mass is 125 g/mol. The molecule has 0 aromatic carbocycles. The van der Waals surface area contributed by atoms with Crippen molar-refractivity contribution in [1.29, 1.82) is 0 Å². The molecule has 1 atom stereocenters. The molecular weight excluding hydrogens is 116 g/mol. The van der Waals surface area contributed by atoms with Crippen molar-refractivity contribution in [3.8, 4) is 12.0 Å². The number of carbonyl (C=O) groups excluding carboxylic acids is 1. The van der Waals surface area contributed by atoms with Gasteiger partial charge in [0.25, 0.3) is 0 Å². The molecule has 0 aromatic rings. The van der Waals surface area contributed by atoms with E-state index >= 15 is 0 Å². The summed E-state index contributed by atoms with van der Waals surface area (Å²) in [6.45, 7) is 5.20. The second-order valence-electron chi connectivity index (χ2n) is 1.74. The maximum absolute atomic E-state index is 9.42. The van der Waals surface area contributed by atoms with Crippen molar-refractivity contribution in [3.63, 3.8) is 0 Å². The van der Waals surface area contributed by atoms with Crippen molar-refractivity contribution < 1.29 is 9.53 Å². The minimum Gasteiger partial charge on any atom is -0.364 e. The van der Waals surface area contributed by atoms with E-state index in [4.69, 9.17) is 0 Å². The number of ether oxygens (including phenoxy) is 1. The Morgan fingerprint density at radius 1 is 1.67 bits per heavy atom. The lowest BCUT2D eigenvalue weighted by Gasteiger charge is -1.91. The van der Waals surface area contributed by atoms with Crippen molar-refractivity contribution >= 4 is 6.47 Å². The molecule has 0 bridgehead atoms. The maximum atomic E-state index is 9.42. The first kappa shape index (κ1) is 8.03. The number of hydrogen-bond donors (Lipinski definition) is 0. The summed E-state index contributed by atoms with van der Waals surface area (Å²) in [4.78, 5) is 9.42.